The molecule has 5 rings (SSSR count). The van der Waals surface area contributed by atoms with Crippen LogP contribution in [0.15, 0.2) is 94.0 Å². The third-order valence-corrected chi connectivity index (χ3v) is 3.92. The molecule has 0 fully saturated rings. The molecule has 2 aliphatic rings. The summed E-state index contributed by atoms with van der Waals surface area (Å²) in [6.45, 7) is 0. The number of hydrogen-bond donors (Lipinski definition) is 1. The monoisotopic (exact) mass is 321 g/mol. The van der Waals surface area contributed by atoms with E-state index in [0.29, 0.717) is 0 Å². The fraction of sp³-hybridized carbons (Fsp3) is 0. The van der Waals surface area contributed by atoms with Gasteiger partial charge in [-0.1, -0.05) is 46.4 Å². The van der Waals surface area contributed by atoms with E-state index in [2.05, 4.69) is 75.9 Å². The molecule has 25 heavy (non-hydrogen) atoms. The molecule has 1 aromatic heterocycles. The third kappa shape index (κ3) is 3.19. The van der Waals surface area contributed by atoms with Crippen LogP contribution in [-0.2, 0) is 0 Å². The quantitative estimate of drug-likeness (QED) is 0.615. The summed E-state index contributed by atoms with van der Waals surface area (Å²) in [5.74, 6) is 0. The highest BCUT2D eigenvalue weighted by molar-refractivity contribution is 6.06. The molecule has 3 heterocycles. The zero-order valence-electron chi connectivity index (χ0n) is 13.5. The van der Waals surface area contributed by atoms with Gasteiger partial charge < -0.3 is 4.98 Å². The second kappa shape index (κ2) is 6.86. The van der Waals surface area contributed by atoms with Crippen LogP contribution in [0.3, 0.4) is 0 Å². The van der Waals surface area contributed by atoms with E-state index in [1.165, 1.54) is 21.8 Å². The Morgan fingerprint density at radius 2 is 1.12 bits per heavy atom. The molecule has 0 unspecified atom stereocenters. The Bertz CT molecular complexity index is 1000. The van der Waals surface area contributed by atoms with E-state index in [1.54, 1.807) is 12.4 Å². The molecule has 0 spiro atoms. The lowest BCUT2D eigenvalue weighted by atomic mass is 10.1. The molecule has 2 aliphatic heterocycles. The number of hydrogen-bond acceptors (Lipinski definition) is 2. The Labute approximate surface area is 146 Å². The highest BCUT2D eigenvalue weighted by Gasteiger charge is 2.20. The molecule has 0 amide bonds. The summed E-state index contributed by atoms with van der Waals surface area (Å²) in [6, 6.07) is 16.8. The minimum absolute atomic E-state index is 0.922. The van der Waals surface area contributed by atoms with Gasteiger partial charge >= 0.3 is 0 Å². The lowest BCUT2D eigenvalue weighted by Crippen LogP contribution is -1.90. The number of aromatic nitrogens is 1. The molecule has 0 atom stereocenters. The van der Waals surface area contributed by atoms with Gasteiger partial charge in [0.15, 0.2) is 12.4 Å². The van der Waals surface area contributed by atoms with Crippen molar-refractivity contribution in [1.29, 1.82) is 0 Å². The molecule has 1 N–H and O–H groups in total. The van der Waals surface area contributed by atoms with Gasteiger partial charge in [-0.15, -0.1) is 0 Å². The minimum atomic E-state index is 0.922. The van der Waals surface area contributed by atoms with Gasteiger partial charge in [-0.2, -0.15) is 0 Å². The molecule has 0 aliphatic carbocycles. The summed E-state index contributed by atoms with van der Waals surface area (Å²) < 4.78 is 0. The van der Waals surface area contributed by atoms with Crippen LogP contribution in [0.1, 0.15) is 0 Å². The van der Waals surface area contributed by atoms with Crippen LogP contribution in [0.25, 0.3) is 21.8 Å². The Balaban J connectivity index is 0.000000126. The first-order valence-electron chi connectivity index (χ1n) is 8.03. The number of aromatic amines is 1. The number of allylic oxidation sites excluding steroid dienone is 6. The average molecular weight is 321 g/mol. The van der Waals surface area contributed by atoms with Crippen molar-refractivity contribution in [3.63, 3.8) is 0 Å². The van der Waals surface area contributed by atoms with E-state index in [9.17, 15) is 0 Å². The van der Waals surface area contributed by atoms with Gasteiger partial charge in [-0.05, 0) is 12.1 Å². The fourth-order valence-electron chi connectivity index (χ4n) is 2.75. The number of nitrogens with zero attached hydrogens (tertiary/aromatic N) is 2. The molecular formula is C22H15N3+2. The summed E-state index contributed by atoms with van der Waals surface area (Å²) in [5, 5.41) is 2.61. The standard InChI is InChI=1S/C12H9N.C10H6N2/c1-3-7-11-9(5-1)10-6-2-4-8-12(10)13-11;1-3-9(7-11-5-1)10-4-2-6-12-8-10/h1-8,13H;1-6H/q;+2. The lowest BCUT2D eigenvalue weighted by Gasteiger charge is -1.87. The average Bonchev–Trinajstić information content (AvgIpc) is 3.09. The second-order valence-electron chi connectivity index (χ2n) is 5.54. The summed E-state index contributed by atoms with van der Waals surface area (Å²) in [6.07, 6.45) is 16.7. The van der Waals surface area contributed by atoms with Crippen molar-refractivity contribution in [3.05, 3.63) is 96.4 Å². The van der Waals surface area contributed by atoms with Gasteiger partial charge in [0, 0.05) is 21.8 Å². The van der Waals surface area contributed by atoms with Crippen molar-refractivity contribution in [2.75, 3.05) is 0 Å². The highest BCUT2D eigenvalue weighted by Crippen LogP contribution is 2.24. The third-order valence-electron chi connectivity index (χ3n) is 3.92. The van der Waals surface area contributed by atoms with E-state index < -0.39 is 0 Å². The zero-order valence-corrected chi connectivity index (χ0v) is 13.5. The van der Waals surface area contributed by atoms with Crippen molar-refractivity contribution in [2.45, 2.75) is 0 Å². The van der Waals surface area contributed by atoms with Crippen LogP contribution in [0.2, 0.25) is 0 Å². The Hall–Kier alpha value is -3.64. The number of H-pyrrole nitrogens is 1. The van der Waals surface area contributed by atoms with Crippen LogP contribution < -0.4 is 0 Å². The number of nitrogens with one attached hydrogen (secondary N) is 1. The van der Waals surface area contributed by atoms with E-state index >= 15 is 0 Å². The largest absolute Gasteiger partial charge is 0.355 e. The predicted octanol–water partition coefficient (Wildman–Crippen LogP) is 4.96. The maximum absolute atomic E-state index is 3.89. The van der Waals surface area contributed by atoms with Gasteiger partial charge in [0.05, 0.1) is 24.3 Å². The molecule has 3 aromatic rings. The van der Waals surface area contributed by atoms with Crippen LogP contribution in [0.4, 0.5) is 0 Å². The van der Waals surface area contributed by atoms with Gasteiger partial charge in [-0.25, -0.2) is 0 Å². The molecule has 0 saturated heterocycles. The molecule has 2 aromatic carbocycles. The van der Waals surface area contributed by atoms with Crippen LogP contribution in [-0.4, -0.2) is 17.4 Å². The van der Waals surface area contributed by atoms with E-state index in [-0.39, 0.29) is 0 Å². The topological polar surface area (TPSA) is 40.5 Å². The molecular weight excluding hydrogens is 306 g/mol. The molecule has 116 valence electrons. The van der Waals surface area contributed by atoms with Gasteiger partial charge in [0.2, 0.25) is 0 Å². The van der Waals surface area contributed by atoms with Gasteiger partial charge in [-0.3, -0.25) is 0 Å². The SMILES string of the molecule is [C+]1=C(C2=[C+]N=CC=C2)C=CC=N1.c1ccc2c(c1)[nH]c1ccccc12. The van der Waals surface area contributed by atoms with E-state index in [0.717, 1.165) is 11.1 Å². The van der Waals surface area contributed by atoms with Crippen molar-refractivity contribution in [3.8, 4) is 0 Å². The zero-order chi connectivity index (χ0) is 16.9. The lowest BCUT2D eigenvalue weighted by molar-refractivity contribution is 1.33. The van der Waals surface area contributed by atoms with Crippen LogP contribution in [0, 0.1) is 12.4 Å². The summed E-state index contributed by atoms with van der Waals surface area (Å²) in [7, 11) is 0. The van der Waals surface area contributed by atoms with Gasteiger partial charge in [0.1, 0.15) is 12.4 Å². The number of benzene rings is 2. The molecule has 3 nitrogen and oxygen atoms in total. The summed E-state index contributed by atoms with van der Waals surface area (Å²) in [4.78, 5) is 11.2. The van der Waals surface area contributed by atoms with Crippen molar-refractivity contribution in [1.82, 2.24) is 4.98 Å². The van der Waals surface area contributed by atoms with Gasteiger partial charge in [0.25, 0.3) is 11.1 Å². The molecule has 0 saturated carbocycles. The second-order valence-corrected chi connectivity index (χ2v) is 5.54. The van der Waals surface area contributed by atoms with E-state index in [1.807, 2.05) is 24.3 Å². The number of fused-ring (bicyclic) bond motifs is 3. The number of aliphatic imine (C=N–C) groups is 2. The minimum Gasteiger partial charge on any atom is -0.355 e. The summed E-state index contributed by atoms with van der Waals surface area (Å²) >= 11 is 0. The Morgan fingerprint density at radius 1 is 0.640 bits per heavy atom. The maximum atomic E-state index is 3.89. The highest BCUT2D eigenvalue weighted by atomic mass is 14.7. The summed E-state index contributed by atoms with van der Waals surface area (Å²) in [5.41, 5.74) is 4.27. The number of rotatable bonds is 1. The first-order valence-corrected chi connectivity index (χ1v) is 8.03. The number of para-hydroxylation sites is 2. The smallest absolute Gasteiger partial charge is 0.263 e. The fourth-order valence-corrected chi connectivity index (χ4v) is 2.75. The van der Waals surface area contributed by atoms with Crippen LogP contribution >= 0.6 is 0 Å². The first kappa shape index (κ1) is 14.9. The van der Waals surface area contributed by atoms with Crippen molar-refractivity contribution in [2.24, 2.45) is 9.98 Å². The molecule has 0 radical (unpaired) electrons. The first-order chi connectivity index (χ1) is 12.4. The predicted molar refractivity (Wildman–Crippen MR) is 105 cm³/mol. The van der Waals surface area contributed by atoms with Crippen molar-refractivity contribution >= 4 is 34.2 Å². The molecule has 3 heteroatoms. The van der Waals surface area contributed by atoms with E-state index in [4.69, 9.17) is 0 Å². The Kier molecular flexibility index (Phi) is 4.09. The normalized spacial score (nSPS) is 14.4. The van der Waals surface area contributed by atoms with Crippen molar-refractivity contribution < 1.29 is 0 Å². The maximum Gasteiger partial charge on any atom is 0.263 e. The molecule has 0 bridgehead atoms. The van der Waals surface area contributed by atoms with Crippen LogP contribution in [0.5, 0.6) is 0 Å². The Morgan fingerprint density at radius 3 is 1.56 bits per heavy atom.